The molecule has 3 aromatic heterocycles. The predicted octanol–water partition coefficient (Wildman–Crippen LogP) is 3.76. The molecule has 0 bridgehead atoms. The molecule has 0 unspecified atom stereocenters. The van der Waals surface area contributed by atoms with E-state index in [0.717, 1.165) is 29.8 Å². The summed E-state index contributed by atoms with van der Waals surface area (Å²) in [7, 11) is 0. The second-order valence-electron chi connectivity index (χ2n) is 6.06. The number of aromatic nitrogens is 4. The van der Waals surface area contributed by atoms with Gasteiger partial charge in [0.1, 0.15) is 23.5 Å². The topological polar surface area (TPSA) is 68.2 Å². The SMILES string of the molecule is Fc1ccc(-c2nc3occn3c2-c2ccnc(NC3CC3)n2)cc1. The van der Waals surface area contributed by atoms with E-state index in [0.29, 0.717) is 23.5 Å². The molecule has 1 aromatic carbocycles. The van der Waals surface area contributed by atoms with Gasteiger partial charge in [-0.25, -0.2) is 14.4 Å². The Bertz CT molecular complexity index is 1050. The maximum absolute atomic E-state index is 13.3. The van der Waals surface area contributed by atoms with E-state index in [2.05, 4.69) is 20.3 Å². The van der Waals surface area contributed by atoms with Crippen molar-refractivity contribution in [3.8, 4) is 22.6 Å². The number of anilines is 1. The molecule has 1 aliphatic rings. The van der Waals surface area contributed by atoms with Crippen LogP contribution in [0.4, 0.5) is 10.3 Å². The van der Waals surface area contributed by atoms with E-state index in [9.17, 15) is 4.39 Å². The molecular weight excluding hydrogens is 321 g/mol. The van der Waals surface area contributed by atoms with Gasteiger partial charge in [-0.1, -0.05) is 0 Å². The molecule has 0 spiro atoms. The first kappa shape index (κ1) is 14.2. The van der Waals surface area contributed by atoms with Crippen molar-refractivity contribution in [2.75, 3.05) is 5.32 Å². The zero-order valence-electron chi connectivity index (χ0n) is 13.2. The molecule has 4 aromatic rings. The van der Waals surface area contributed by atoms with Gasteiger partial charge in [0.25, 0.3) is 0 Å². The van der Waals surface area contributed by atoms with Gasteiger partial charge < -0.3 is 9.73 Å². The Hall–Kier alpha value is -3.22. The standard InChI is InChI=1S/C18H14FN5O/c19-12-3-1-11(2-4-12)15-16(24-9-10-25-18(24)23-15)14-7-8-20-17(22-14)21-13-5-6-13/h1-4,7-10,13H,5-6H2,(H,20,21,22). The van der Waals surface area contributed by atoms with Crippen molar-refractivity contribution in [1.82, 2.24) is 19.4 Å². The van der Waals surface area contributed by atoms with E-state index in [1.54, 1.807) is 30.8 Å². The van der Waals surface area contributed by atoms with E-state index in [4.69, 9.17) is 4.42 Å². The number of halogens is 1. The van der Waals surface area contributed by atoms with Crippen LogP contribution in [-0.4, -0.2) is 25.4 Å². The minimum atomic E-state index is -0.286. The largest absolute Gasteiger partial charge is 0.432 e. The highest BCUT2D eigenvalue weighted by Crippen LogP contribution is 2.33. The molecule has 0 atom stereocenters. The Balaban J connectivity index is 1.67. The number of nitrogens with zero attached hydrogens (tertiary/aromatic N) is 4. The smallest absolute Gasteiger partial charge is 0.306 e. The van der Waals surface area contributed by atoms with Gasteiger partial charge >= 0.3 is 5.84 Å². The quantitative estimate of drug-likeness (QED) is 0.615. The summed E-state index contributed by atoms with van der Waals surface area (Å²) in [5, 5.41) is 3.30. The van der Waals surface area contributed by atoms with E-state index < -0.39 is 0 Å². The highest BCUT2D eigenvalue weighted by atomic mass is 19.1. The summed E-state index contributed by atoms with van der Waals surface area (Å²) < 4.78 is 20.5. The van der Waals surface area contributed by atoms with Crippen molar-refractivity contribution in [1.29, 1.82) is 0 Å². The van der Waals surface area contributed by atoms with E-state index in [-0.39, 0.29) is 5.82 Å². The van der Waals surface area contributed by atoms with Crippen molar-refractivity contribution in [2.45, 2.75) is 18.9 Å². The third kappa shape index (κ3) is 2.53. The van der Waals surface area contributed by atoms with Crippen molar-refractivity contribution in [3.05, 3.63) is 54.8 Å². The molecule has 7 heteroatoms. The lowest BCUT2D eigenvalue weighted by molar-refractivity contribution is 0.596. The highest BCUT2D eigenvalue weighted by Gasteiger charge is 2.23. The van der Waals surface area contributed by atoms with Gasteiger partial charge in [0, 0.05) is 24.0 Å². The van der Waals surface area contributed by atoms with Crippen LogP contribution in [0.1, 0.15) is 12.8 Å². The molecule has 0 amide bonds. The minimum absolute atomic E-state index is 0.286. The molecule has 5 rings (SSSR count). The number of oxazole rings is 1. The number of fused-ring (bicyclic) bond motifs is 1. The second kappa shape index (κ2) is 5.41. The molecular formula is C18H14FN5O. The Labute approximate surface area is 142 Å². The lowest BCUT2D eigenvalue weighted by Crippen LogP contribution is -2.05. The molecule has 3 heterocycles. The van der Waals surface area contributed by atoms with Gasteiger partial charge in [0.05, 0.1) is 5.69 Å². The summed E-state index contributed by atoms with van der Waals surface area (Å²) in [5.74, 6) is 0.777. The zero-order valence-corrected chi connectivity index (χ0v) is 13.2. The Morgan fingerprint density at radius 3 is 2.76 bits per heavy atom. The maximum atomic E-state index is 13.3. The van der Waals surface area contributed by atoms with Gasteiger partial charge in [-0.2, -0.15) is 4.98 Å². The molecule has 6 nitrogen and oxygen atoms in total. The molecule has 25 heavy (non-hydrogen) atoms. The monoisotopic (exact) mass is 335 g/mol. The molecule has 1 aliphatic carbocycles. The molecule has 0 radical (unpaired) electrons. The lowest BCUT2D eigenvalue weighted by Gasteiger charge is -2.07. The first-order chi connectivity index (χ1) is 12.3. The summed E-state index contributed by atoms with van der Waals surface area (Å²) in [4.78, 5) is 13.5. The fourth-order valence-electron chi connectivity index (χ4n) is 2.81. The Kier molecular flexibility index (Phi) is 3.06. The fraction of sp³-hybridized carbons (Fsp3) is 0.167. The molecule has 1 N–H and O–H groups in total. The first-order valence-electron chi connectivity index (χ1n) is 8.09. The zero-order chi connectivity index (χ0) is 16.8. The summed E-state index contributed by atoms with van der Waals surface area (Å²) in [5.41, 5.74) is 3.00. The van der Waals surface area contributed by atoms with E-state index in [1.807, 2.05) is 10.5 Å². The van der Waals surface area contributed by atoms with Crippen LogP contribution in [0.2, 0.25) is 0 Å². The lowest BCUT2D eigenvalue weighted by atomic mass is 10.1. The fourth-order valence-corrected chi connectivity index (χ4v) is 2.81. The van der Waals surface area contributed by atoms with Crippen LogP contribution < -0.4 is 5.32 Å². The van der Waals surface area contributed by atoms with Gasteiger partial charge in [-0.3, -0.25) is 4.40 Å². The third-order valence-electron chi connectivity index (χ3n) is 4.19. The van der Waals surface area contributed by atoms with Crippen LogP contribution in [0.3, 0.4) is 0 Å². The minimum Gasteiger partial charge on any atom is -0.432 e. The third-order valence-corrected chi connectivity index (χ3v) is 4.19. The maximum Gasteiger partial charge on any atom is 0.306 e. The van der Waals surface area contributed by atoms with Crippen LogP contribution in [0.25, 0.3) is 28.5 Å². The number of rotatable bonds is 4. The van der Waals surface area contributed by atoms with Gasteiger partial charge in [0.15, 0.2) is 0 Å². The van der Waals surface area contributed by atoms with Crippen molar-refractivity contribution >= 4 is 11.8 Å². The number of nitrogens with one attached hydrogen (secondary N) is 1. The van der Waals surface area contributed by atoms with Crippen LogP contribution in [0.15, 0.2) is 53.4 Å². The summed E-state index contributed by atoms with van der Waals surface area (Å²) in [6, 6.07) is 8.53. The summed E-state index contributed by atoms with van der Waals surface area (Å²) in [6.07, 6.45) is 7.38. The molecule has 0 saturated heterocycles. The molecule has 0 aliphatic heterocycles. The van der Waals surface area contributed by atoms with Crippen LogP contribution in [-0.2, 0) is 0 Å². The molecule has 1 saturated carbocycles. The van der Waals surface area contributed by atoms with Crippen molar-refractivity contribution < 1.29 is 8.81 Å². The van der Waals surface area contributed by atoms with Crippen LogP contribution >= 0.6 is 0 Å². The highest BCUT2D eigenvalue weighted by molar-refractivity contribution is 5.79. The number of benzene rings is 1. The van der Waals surface area contributed by atoms with Crippen molar-refractivity contribution in [2.24, 2.45) is 0 Å². The van der Waals surface area contributed by atoms with Crippen molar-refractivity contribution in [3.63, 3.8) is 0 Å². The summed E-state index contributed by atoms with van der Waals surface area (Å²) >= 11 is 0. The number of imidazole rings is 1. The Morgan fingerprint density at radius 1 is 1.12 bits per heavy atom. The van der Waals surface area contributed by atoms with Gasteiger partial charge in [-0.05, 0) is 43.2 Å². The Morgan fingerprint density at radius 2 is 1.96 bits per heavy atom. The normalized spacial score (nSPS) is 14.1. The summed E-state index contributed by atoms with van der Waals surface area (Å²) in [6.45, 7) is 0. The van der Waals surface area contributed by atoms with E-state index in [1.165, 1.54) is 12.1 Å². The number of hydrogen-bond donors (Lipinski definition) is 1. The average molecular weight is 335 g/mol. The van der Waals surface area contributed by atoms with E-state index >= 15 is 0 Å². The first-order valence-corrected chi connectivity index (χ1v) is 8.09. The second-order valence-corrected chi connectivity index (χ2v) is 6.06. The van der Waals surface area contributed by atoms with Crippen LogP contribution in [0.5, 0.6) is 0 Å². The van der Waals surface area contributed by atoms with Gasteiger partial charge in [0.2, 0.25) is 5.95 Å². The predicted molar refractivity (Wildman–Crippen MR) is 90.5 cm³/mol. The molecule has 1 fully saturated rings. The number of hydrogen-bond acceptors (Lipinski definition) is 5. The molecule has 124 valence electrons. The van der Waals surface area contributed by atoms with Crippen LogP contribution in [0, 0.1) is 5.82 Å². The van der Waals surface area contributed by atoms with Gasteiger partial charge in [-0.15, -0.1) is 0 Å². The average Bonchev–Trinajstić information content (AvgIpc) is 3.18.